The number of nitrogens with one attached hydrogen (secondary N) is 1. The Morgan fingerprint density at radius 1 is 1.26 bits per heavy atom. The Morgan fingerprint density at radius 3 is 2.70 bits per heavy atom. The van der Waals surface area contributed by atoms with Gasteiger partial charge in [0.2, 0.25) is 0 Å². The molecule has 0 bridgehead atoms. The van der Waals surface area contributed by atoms with Crippen LogP contribution in [-0.4, -0.2) is 22.5 Å². The Morgan fingerprint density at radius 2 is 2.04 bits per heavy atom. The molecule has 136 valence electrons. The monoisotopic (exact) mass is 376 g/mol. The Balaban J connectivity index is 2.02. The normalized spacial score (nSPS) is 16.8. The zero-order valence-electron chi connectivity index (χ0n) is 15.3. The number of anilines is 1. The first-order valence-electron chi connectivity index (χ1n) is 8.73. The zero-order chi connectivity index (χ0) is 19.2. The smallest absolute Gasteiger partial charge is 0.266 e. The average molecular weight is 376 g/mol. The first-order valence-corrected chi connectivity index (χ1v) is 9.54. The van der Waals surface area contributed by atoms with E-state index in [2.05, 4.69) is 11.4 Å². The van der Waals surface area contributed by atoms with Crippen LogP contribution in [0.3, 0.4) is 0 Å². The fourth-order valence-corrected chi connectivity index (χ4v) is 3.64. The predicted molar refractivity (Wildman–Crippen MR) is 111 cm³/mol. The lowest BCUT2D eigenvalue weighted by molar-refractivity contribution is -0.122. The van der Waals surface area contributed by atoms with Gasteiger partial charge in [0, 0.05) is 6.54 Å². The highest BCUT2D eigenvalue weighted by atomic mass is 32.2. The van der Waals surface area contributed by atoms with Crippen LogP contribution in [0.2, 0.25) is 0 Å². The van der Waals surface area contributed by atoms with Gasteiger partial charge in [-0.3, -0.25) is 9.69 Å². The number of benzene rings is 2. The maximum atomic E-state index is 12.8. The molecule has 1 aliphatic heterocycles. The first-order chi connectivity index (χ1) is 13.2. The lowest BCUT2D eigenvalue weighted by atomic mass is 10.2. The number of hydrogen-bond acceptors (Lipinski definition) is 5. The summed E-state index contributed by atoms with van der Waals surface area (Å²) >= 11 is 1.36. The number of aliphatic imine (C=N–C) groups is 1. The van der Waals surface area contributed by atoms with E-state index in [1.165, 1.54) is 11.8 Å². The number of amides is 1. The van der Waals surface area contributed by atoms with Gasteiger partial charge in [-0.2, -0.15) is 5.26 Å². The second kappa shape index (κ2) is 8.56. The zero-order valence-corrected chi connectivity index (χ0v) is 16.1. The topological polar surface area (TPSA) is 68.5 Å². The third-order valence-corrected chi connectivity index (χ3v) is 5.17. The molecule has 27 heavy (non-hydrogen) atoms. The molecule has 0 spiro atoms. The Kier molecular flexibility index (Phi) is 5.94. The van der Waals surface area contributed by atoms with E-state index in [0.29, 0.717) is 27.9 Å². The molecule has 5 nitrogen and oxygen atoms in total. The van der Waals surface area contributed by atoms with E-state index in [1.54, 1.807) is 17.0 Å². The number of carbonyl (C=O) groups excluding carboxylic acids is 1. The molecule has 2 aromatic rings. The second-order valence-corrected chi connectivity index (χ2v) is 6.91. The van der Waals surface area contributed by atoms with Crippen molar-refractivity contribution in [3.8, 4) is 6.07 Å². The molecule has 0 radical (unpaired) electrons. The van der Waals surface area contributed by atoms with E-state index in [9.17, 15) is 10.1 Å². The largest absolute Gasteiger partial charge is 0.384 e. The Hall–Kier alpha value is -3.04. The molecule has 1 aliphatic rings. The first kappa shape index (κ1) is 18.7. The summed E-state index contributed by atoms with van der Waals surface area (Å²) in [4.78, 5) is 19.8. The average Bonchev–Trinajstić information content (AvgIpc) is 2.99. The van der Waals surface area contributed by atoms with Crippen molar-refractivity contribution < 1.29 is 4.79 Å². The van der Waals surface area contributed by atoms with Crippen molar-refractivity contribution in [2.24, 2.45) is 4.99 Å². The van der Waals surface area contributed by atoms with Crippen molar-refractivity contribution in [3.05, 3.63) is 70.6 Å². The van der Waals surface area contributed by atoms with Crippen LogP contribution in [-0.2, 0) is 11.3 Å². The molecular formula is C21H20N4OS. The molecule has 1 amide bonds. The molecule has 3 rings (SSSR count). The van der Waals surface area contributed by atoms with Crippen LogP contribution in [0.4, 0.5) is 11.4 Å². The number of rotatable bonds is 5. The summed E-state index contributed by atoms with van der Waals surface area (Å²) in [6, 6.07) is 17.3. The van der Waals surface area contributed by atoms with Gasteiger partial charge in [0.05, 0.1) is 34.5 Å². The number of amidine groups is 1. The van der Waals surface area contributed by atoms with E-state index in [1.807, 2.05) is 56.3 Å². The van der Waals surface area contributed by atoms with Gasteiger partial charge in [-0.1, -0.05) is 36.4 Å². The maximum absolute atomic E-state index is 12.8. The maximum Gasteiger partial charge on any atom is 0.266 e. The molecule has 1 saturated heterocycles. The van der Waals surface area contributed by atoms with Crippen LogP contribution in [0.5, 0.6) is 0 Å². The molecular weight excluding hydrogens is 356 g/mol. The summed E-state index contributed by atoms with van der Waals surface area (Å²) in [5, 5.41) is 13.1. The van der Waals surface area contributed by atoms with Crippen molar-refractivity contribution in [2.75, 3.05) is 11.9 Å². The van der Waals surface area contributed by atoms with Crippen molar-refractivity contribution in [2.45, 2.75) is 20.4 Å². The molecule has 6 heteroatoms. The van der Waals surface area contributed by atoms with E-state index >= 15 is 0 Å². The standard InChI is InChI=1S/C21H20N4OS/c1-3-19-20(26)25(14-15-8-6-5-7-9-15)21(27-19)24-18-12-16(13-22)10-11-17(18)23-4-2/h3,5-12,23H,4,14H2,1-2H3/b19-3-,24-21?. The van der Waals surface area contributed by atoms with Crippen LogP contribution >= 0.6 is 11.8 Å². The van der Waals surface area contributed by atoms with E-state index in [0.717, 1.165) is 17.8 Å². The third kappa shape index (κ3) is 4.21. The van der Waals surface area contributed by atoms with Crippen LogP contribution in [0.25, 0.3) is 0 Å². The quantitative estimate of drug-likeness (QED) is 0.771. The third-order valence-electron chi connectivity index (χ3n) is 4.04. The summed E-state index contributed by atoms with van der Waals surface area (Å²) in [6.45, 7) is 5.05. The van der Waals surface area contributed by atoms with Crippen molar-refractivity contribution >= 4 is 34.2 Å². The fourth-order valence-electron chi connectivity index (χ4n) is 2.72. The second-order valence-electron chi connectivity index (χ2n) is 5.90. The predicted octanol–water partition coefficient (Wildman–Crippen LogP) is 4.66. The molecule has 1 heterocycles. The number of nitrogens with zero attached hydrogens (tertiary/aromatic N) is 3. The van der Waals surface area contributed by atoms with Gasteiger partial charge in [-0.15, -0.1) is 0 Å². The van der Waals surface area contributed by atoms with Crippen molar-refractivity contribution in [3.63, 3.8) is 0 Å². The van der Waals surface area contributed by atoms with E-state index in [-0.39, 0.29) is 5.91 Å². The summed E-state index contributed by atoms with van der Waals surface area (Å²) in [7, 11) is 0. The lowest BCUT2D eigenvalue weighted by Crippen LogP contribution is -2.28. The summed E-state index contributed by atoms with van der Waals surface area (Å²) in [5.74, 6) is -0.0495. The van der Waals surface area contributed by atoms with Crippen LogP contribution in [0.1, 0.15) is 25.0 Å². The molecule has 0 saturated carbocycles. The Labute approximate surface area is 163 Å². The fraction of sp³-hybridized carbons (Fsp3) is 0.190. The number of hydrogen-bond donors (Lipinski definition) is 1. The van der Waals surface area contributed by atoms with Gasteiger partial charge >= 0.3 is 0 Å². The molecule has 0 aromatic heterocycles. The van der Waals surface area contributed by atoms with Gasteiger partial charge < -0.3 is 5.32 Å². The molecule has 0 aliphatic carbocycles. The van der Waals surface area contributed by atoms with Gasteiger partial charge in [0.15, 0.2) is 5.17 Å². The SMILES string of the molecule is C/C=C1\SC(=Nc2cc(C#N)ccc2NCC)N(Cc2ccccc2)C1=O. The van der Waals surface area contributed by atoms with Crippen molar-refractivity contribution in [1.29, 1.82) is 5.26 Å². The number of nitriles is 1. The number of thioether (sulfide) groups is 1. The molecule has 1 N–H and O–H groups in total. The number of carbonyl (C=O) groups is 1. The van der Waals surface area contributed by atoms with Crippen LogP contribution in [0.15, 0.2) is 64.5 Å². The Bertz CT molecular complexity index is 944. The highest BCUT2D eigenvalue weighted by molar-refractivity contribution is 8.18. The molecule has 0 atom stereocenters. The highest BCUT2D eigenvalue weighted by Crippen LogP contribution is 2.35. The van der Waals surface area contributed by atoms with Gasteiger partial charge in [0.25, 0.3) is 5.91 Å². The minimum Gasteiger partial charge on any atom is -0.384 e. The highest BCUT2D eigenvalue weighted by Gasteiger charge is 2.33. The molecule has 1 fully saturated rings. The van der Waals surface area contributed by atoms with E-state index in [4.69, 9.17) is 4.99 Å². The summed E-state index contributed by atoms with van der Waals surface area (Å²) in [6.07, 6.45) is 1.81. The lowest BCUT2D eigenvalue weighted by Gasteiger charge is -2.16. The number of allylic oxidation sites excluding steroid dienone is 1. The van der Waals surface area contributed by atoms with Gasteiger partial charge in [-0.05, 0) is 49.4 Å². The van der Waals surface area contributed by atoms with Gasteiger partial charge in [0.1, 0.15) is 0 Å². The van der Waals surface area contributed by atoms with Crippen molar-refractivity contribution in [1.82, 2.24) is 4.90 Å². The minimum atomic E-state index is -0.0495. The van der Waals surface area contributed by atoms with Gasteiger partial charge in [-0.25, -0.2) is 4.99 Å². The molecule has 0 unspecified atom stereocenters. The van der Waals surface area contributed by atoms with E-state index < -0.39 is 0 Å². The van der Waals surface area contributed by atoms with Crippen LogP contribution in [0, 0.1) is 11.3 Å². The summed E-state index contributed by atoms with van der Waals surface area (Å²) in [5.41, 5.74) is 3.06. The van der Waals surface area contributed by atoms with Crippen LogP contribution < -0.4 is 5.32 Å². The molecule has 2 aromatic carbocycles. The minimum absolute atomic E-state index is 0.0495. The summed E-state index contributed by atoms with van der Waals surface area (Å²) < 4.78 is 0.